The van der Waals surface area contributed by atoms with E-state index < -0.39 is 0 Å². The largest absolute Gasteiger partial charge is 0.309 e. The molecule has 0 aliphatic rings. The molecule has 0 spiro atoms. The number of hydrogen-bond donors (Lipinski definition) is 2. The lowest BCUT2D eigenvalue weighted by atomic mass is 9.94. The highest BCUT2D eigenvalue weighted by Gasteiger charge is 2.20. The molecule has 3 aromatic rings. The smallest absolute Gasteiger partial charge is 0.258 e. The first kappa shape index (κ1) is 19.3. The minimum Gasteiger partial charge on any atom is -0.309 e. The van der Waals surface area contributed by atoms with Crippen molar-refractivity contribution in [2.24, 2.45) is 5.92 Å². The van der Waals surface area contributed by atoms with Gasteiger partial charge >= 0.3 is 0 Å². The van der Waals surface area contributed by atoms with Gasteiger partial charge in [0, 0.05) is 6.04 Å². The van der Waals surface area contributed by atoms with Crippen LogP contribution in [0.25, 0.3) is 10.9 Å². The Morgan fingerprint density at radius 2 is 1.74 bits per heavy atom. The van der Waals surface area contributed by atoms with Crippen LogP contribution in [0.15, 0.2) is 53.3 Å². The minimum atomic E-state index is -0.0886. The lowest BCUT2D eigenvalue weighted by Crippen LogP contribution is -2.30. The van der Waals surface area contributed by atoms with Gasteiger partial charge in [0.25, 0.3) is 5.56 Å². The van der Waals surface area contributed by atoms with Crippen LogP contribution >= 0.6 is 0 Å². The standard InChI is InChI=1S/C23H29N3O/c1-5-8-17-11-13-18(14-12-17)21(15(2)3)24-16(4)22-25-20-10-7-6-9-19(20)23(27)26-22/h6-7,9-16,21,24H,5,8H2,1-4H3,(H,25,26,27). The maximum Gasteiger partial charge on any atom is 0.258 e. The maximum absolute atomic E-state index is 12.4. The lowest BCUT2D eigenvalue weighted by molar-refractivity contribution is 0.367. The average Bonchev–Trinajstić information content (AvgIpc) is 2.66. The minimum absolute atomic E-state index is 0.0648. The number of hydrogen-bond acceptors (Lipinski definition) is 3. The van der Waals surface area contributed by atoms with Crippen molar-refractivity contribution in [2.45, 2.75) is 52.6 Å². The summed E-state index contributed by atoms with van der Waals surface area (Å²) in [6.07, 6.45) is 2.27. The summed E-state index contributed by atoms with van der Waals surface area (Å²) in [7, 11) is 0. The third-order valence-electron chi connectivity index (χ3n) is 5.02. The summed E-state index contributed by atoms with van der Waals surface area (Å²) in [6.45, 7) is 8.67. The van der Waals surface area contributed by atoms with Crippen LogP contribution in [0.3, 0.4) is 0 Å². The zero-order chi connectivity index (χ0) is 19.4. The third kappa shape index (κ3) is 4.45. The highest BCUT2D eigenvalue weighted by atomic mass is 16.1. The number of aromatic nitrogens is 2. The van der Waals surface area contributed by atoms with Crippen LogP contribution in [-0.2, 0) is 6.42 Å². The molecular weight excluding hydrogens is 334 g/mol. The molecule has 0 saturated heterocycles. The summed E-state index contributed by atoms with van der Waals surface area (Å²) in [5, 5.41) is 4.29. The molecule has 4 heteroatoms. The maximum atomic E-state index is 12.4. The van der Waals surface area contributed by atoms with E-state index in [4.69, 9.17) is 0 Å². The molecule has 0 aliphatic carbocycles. The SMILES string of the molecule is CCCc1ccc(C(NC(C)c2nc3ccccc3c(=O)[nH]2)C(C)C)cc1. The third-order valence-corrected chi connectivity index (χ3v) is 5.02. The van der Waals surface area contributed by atoms with E-state index in [1.54, 1.807) is 6.07 Å². The summed E-state index contributed by atoms with van der Waals surface area (Å²) >= 11 is 0. The van der Waals surface area contributed by atoms with Gasteiger partial charge in [0.05, 0.1) is 16.9 Å². The molecular formula is C23H29N3O. The normalized spacial score (nSPS) is 13.8. The van der Waals surface area contributed by atoms with E-state index in [2.05, 4.69) is 60.3 Å². The Morgan fingerprint density at radius 3 is 2.41 bits per heavy atom. The summed E-state index contributed by atoms with van der Waals surface area (Å²) < 4.78 is 0. The van der Waals surface area contributed by atoms with E-state index in [0.717, 1.165) is 18.4 Å². The van der Waals surface area contributed by atoms with Crippen molar-refractivity contribution in [3.63, 3.8) is 0 Å². The van der Waals surface area contributed by atoms with Crippen molar-refractivity contribution in [3.8, 4) is 0 Å². The number of nitrogens with one attached hydrogen (secondary N) is 2. The molecule has 0 radical (unpaired) electrons. The second-order valence-corrected chi connectivity index (χ2v) is 7.57. The number of para-hydroxylation sites is 1. The molecule has 142 valence electrons. The van der Waals surface area contributed by atoms with Gasteiger partial charge in [0.15, 0.2) is 0 Å². The van der Waals surface area contributed by atoms with Gasteiger partial charge in [-0.15, -0.1) is 0 Å². The molecule has 2 unspecified atom stereocenters. The fourth-order valence-corrected chi connectivity index (χ4v) is 3.51. The molecule has 0 bridgehead atoms. The van der Waals surface area contributed by atoms with Crippen LogP contribution in [0.4, 0.5) is 0 Å². The van der Waals surface area contributed by atoms with Crippen molar-refractivity contribution >= 4 is 10.9 Å². The summed E-state index contributed by atoms with van der Waals surface area (Å²) in [5.74, 6) is 1.09. The second-order valence-electron chi connectivity index (χ2n) is 7.57. The predicted molar refractivity (Wildman–Crippen MR) is 112 cm³/mol. The Kier molecular flexibility index (Phi) is 6.07. The molecule has 0 aliphatic heterocycles. The van der Waals surface area contributed by atoms with E-state index in [-0.39, 0.29) is 17.6 Å². The van der Waals surface area contributed by atoms with Gasteiger partial charge < -0.3 is 10.3 Å². The summed E-state index contributed by atoms with van der Waals surface area (Å²) in [4.78, 5) is 20.0. The highest BCUT2D eigenvalue weighted by molar-refractivity contribution is 5.77. The van der Waals surface area contributed by atoms with E-state index in [1.165, 1.54) is 11.1 Å². The Balaban J connectivity index is 1.85. The lowest BCUT2D eigenvalue weighted by Gasteiger charge is -2.27. The molecule has 1 heterocycles. The van der Waals surface area contributed by atoms with Gasteiger partial charge in [-0.1, -0.05) is 63.6 Å². The number of benzene rings is 2. The van der Waals surface area contributed by atoms with Gasteiger partial charge in [-0.05, 0) is 42.5 Å². The highest BCUT2D eigenvalue weighted by Crippen LogP contribution is 2.25. The van der Waals surface area contributed by atoms with Crippen molar-refractivity contribution in [1.82, 2.24) is 15.3 Å². The van der Waals surface area contributed by atoms with Crippen molar-refractivity contribution in [1.29, 1.82) is 0 Å². The molecule has 0 saturated carbocycles. The fourth-order valence-electron chi connectivity index (χ4n) is 3.51. The van der Waals surface area contributed by atoms with Crippen LogP contribution in [0.1, 0.15) is 63.2 Å². The van der Waals surface area contributed by atoms with Gasteiger partial charge in [-0.3, -0.25) is 4.79 Å². The Bertz CT molecular complexity index is 944. The van der Waals surface area contributed by atoms with E-state index in [1.807, 2.05) is 25.1 Å². The predicted octanol–water partition coefficient (Wildman–Crippen LogP) is 4.92. The molecule has 0 fully saturated rings. The average molecular weight is 364 g/mol. The zero-order valence-electron chi connectivity index (χ0n) is 16.6. The van der Waals surface area contributed by atoms with Crippen LogP contribution in [0.2, 0.25) is 0 Å². The topological polar surface area (TPSA) is 57.8 Å². The second kappa shape index (κ2) is 8.49. The Morgan fingerprint density at radius 1 is 1.04 bits per heavy atom. The van der Waals surface area contributed by atoms with Crippen LogP contribution in [0, 0.1) is 5.92 Å². The number of nitrogens with zero attached hydrogens (tertiary/aromatic N) is 1. The molecule has 27 heavy (non-hydrogen) atoms. The molecule has 1 aromatic heterocycles. The fraction of sp³-hybridized carbons (Fsp3) is 0.391. The van der Waals surface area contributed by atoms with Crippen LogP contribution in [-0.4, -0.2) is 9.97 Å². The van der Waals surface area contributed by atoms with Gasteiger partial charge in [-0.25, -0.2) is 4.98 Å². The first-order valence-electron chi connectivity index (χ1n) is 9.83. The van der Waals surface area contributed by atoms with E-state index in [0.29, 0.717) is 17.1 Å². The van der Waals surface area contributed by atoms with Crippen molar-refractivity contribution < 1.29 is 0 Å². The first-order chi connectivity index (χ1) is 13.0. The van der Waals surface area contributed by atoms with Crippen molar-refractivity contribution in [2.75, 3.05) is 0 Å². The van der Waals surface area contributed by atoms with E-state index in [9.17, 15) is 4.79 Å². The number of fused-ring (bicyclic) bond motifs is 1. The van der Waals surface area contributed by atoms with E-state index >= 15 is 0 Å². The van der Waals surface area contributed by atoms with Gasteiger partial charge in [0.2, 0.25) is 0 Å². The number of H-pyrrole nitrogens is 1. The van der Waals surface area contributed by atoms with Crippen LogP contribution < -0.4 is 10.9 Å². The number of aromatic amines is 1. The molecule has 2 atom stereocenters. The monoisotopic (exact) mass is 363 g/mol. The van der Waals surface area contributed by atoms with Gasteiger partial charge in [-0.2, -0.15) is 0 Å². The number of aryl methyl sites for hydroxylation is 1. The summed E-state index contributed by atoms with van der Waals surface area (Å²) in [5.41, 5.74) is 3.28. The van der Waals surface area contributed by atoms with Crippen molar-refractivity contribution in [3.05, 3.63) is 75.8 Å². The molecule has 4 nitrogen and oxygen atoms in total. The van der Waals surface area contributed by atoms with Crippen LogP contribution in [0.5, 0.6) is 0 Å². The summed E-state index contributed by atoms with van der Waals surface area (Å²) in [6, 6.07) is 16.4. The van der Waals surface area contributed by atoms with Gasteiger partial charge in [0.1, 0.15) is 5.82 Å². The molecule has 2 N–H and O–H groups in total. The molecule has 3 rings (SSSR count). The number of rotatable bonds is 7. The zero-order valence-corrected chi connectivity index (χ0v) is 16.6. The Hall–Kier alpha value is -2.46. The molecule has 2 aromatic carbocycles. The Labute approximate surface area is 161 Å². The molecule has 0 amide bonds. The quantitative estimate of drug-likeness (QED) is 0.626. The first-order valence-corrected chi connectivity index (χ1v) is 9.83.